The molecule has 0 heterocycles. The molecule has 0 fully saturated rings. The molecule has 2 unspecified atom stereocenters. The molecule has 3 aromatic rings. The summed E-state index contributed by atoms with van der Waals surface area (Å²) in [7, 11) is 2.98. The minimum Gasteiger partial charge on any atom is -0.493 e. The number of halogens is 4. The number of para-hydroxylation sites is 1. The fourth-order valence-electron chi connectivity index (χ4n) is 4.34. The van der Waals surface area contributed by atoms with Crippen molar-refractivity contribution in [3.8, 4) is 11.5 Å². The van der Waals surface area contributed by atoms with Gasteiger partial charge in [0.2, 0.25) is 0 Å². The first-order valence-electron chi connectivity index (χ1n) is 10.2. The zero-order chi connectivity index (χ0) is 23.7. The summed E-state index contributed by atoms with van der Waals surface area (Å²) in [5.41, 5.74) is 0.960. The molecular weight excluding hydrogens is 453 g/mol. The zero-order valence-corrected chi connectivity index (χ0v) is 18.6. The topological polar surface area (TPSA) is 35.5 Å². The van der Waals surface area contributed by atoms with Crippen LogP contribution in [0.5, 0.6) is 11.5 Å². The van der Waals surface area contributed by atoms with Crippen LogP contribution in [0.15, 0.2) is 66.2 Å². The number of ether oxygens (including phenoxy) is 2. The molecule has 0 amide bonds. The molecule has 4 rings (SSSR count). The zero-order valence-electron chi connectivity index (χ0n) is 17.9. The third-order valence-corrected chi connectivity index (χ3v) is 6.10. The van der Waals surface area contributed by atoms with Crippen LogP contribution in [-0.4, -0.2) is 20.0 Å². The molecule has 7 heteroatoms. The Balaban J connectivity index is 1.85. The normalized spacial score (nSPS) is 17.6. The summed E-state index contributed by atoms with van der Waals surface area (Å²) < 4.78 is 53.4. The van der Waals surface area contributed by atoms with E-state index in [4.69, 9.17) is 21.1 Å². The Hall–Kier alpha value is -3.25. The lowest BCUT2D eigenvalue weighted by atomic mass is 9.86. The Morgan fingerprint density at radius 3 is 2.24 bits per heavy atom. The molecule has 0 spiro atoms. The summed E-state index contributed by atoms with van der Waals surface area (Å²) in [6.07, 6.45) is 2.16. The first-order valence-corrected chi connectivity index (χ1v) is 10.6. The van der Waals surface area contributed by atoms with Gasteiger partial charge in [-0.1, -0.05) is 41.9 Å². The predicted molar refractivity (Wildman–Crippen MR) is 120 cm³/mol. The van der Waals surface area contributed by atoms with Crippen LogP contribution in [0.4, 0.5) is 13.2 Å². The summed E-state index contributed by atoms with van der Waals surface area (Å²) in [5.74, 6) is -4.27. The van der Waals surface area contributed by atoms with Crippen LogP contribution in [0.2, 0.25) is 5.02 Å². The number of carbonyl (C=O) groups is 1. The number of allylic oxidation sites excluding steroid dienone is 2. The second-order valence-electron chi connectivity index (χ2n) is 7.72. The molecule has 0 radical (unpaired) electrons. The molecule has 0 aromatic heterocycles. The van der Waals surface area contributed by atoms with Crippen molar-refractivity contribution in [2.75, 3.05) is 14.2 Å². The second kappa shape index (κ2) is 9.32. The highest BCUT2D eigenvalue weighted by Crippen LogP contribution is 2.49. The molecule has 0 saturated carbocycles. The monoisotopic (exact) mass is 472 g/mol. The van der Waals surface area contributed by atoms with Crippen LogP contribution in [0.25, 0.3) is 0 Å². The minimum absolute atomic E-state index is 0.200. The Labute approximate surface area is 194 Å². The molecule has 170 valence electrons. The molecule has 2 atom stereocenters. The van der Waals surface area contributed by atoms with Gasteiger partial charge in [0.1, 0.15) is 17.5 Å². The molecule has 1 aliphatic rings. The Morgan fingerprint density at radius 1 is 0.970 bits per heavy atom. The smallest absolute Gasteiger partial charge is 0.195 e. The van der Waals surface area contributed by atoms with Crippen molar-refractivity contribution in [2.24, 2.45) is 0 Å². The number of carbonyl (C=O) groups excluding carboxylic acids is 1. The molecule has 1 aliphatic carbocycles. The Kier molecular flexibility index (Phi) is 6.47. The van der Waals surface area contributed by atoms with Gasteiger partial charge in [0.05, 0.1) is 19.8 Å². The van der Waals surface area contributed by atoms with Crippen molar-refractivity contribution in [3.05, 3.63) is 105 Å². The largest absolute Gasteiger partial charge is 0.493 e. The maximum absolute atomic E-state index is 14.5. The molecule has 3 aromatic carbocycles. The third-order valence-electron chi connectivity index (χ3n) is 5.85. The molecule has 0 bridgehead atoms. The van der Waals surface area contributed by atoms with Gasteiger partial charge >= 0.3 is 0 Å². The summed E-state index contributed by atoms with van der Waals surface area (Å²) in [6, 6.07) is 13.4. The fraction of sp³-hybridized carbons (Fsp3) is 0.192. The lowest BCUT2D eigenvalue weighted by Gasteiger charge is -2.20. The van der Waals surface area contributed by atoms with Crippen molar-refractivity contribution < 1.29 is 27.4 Å². The predicted octanol–water partition coefficient (Wildman–Crippen LogP) is 6.85. The second-order valence-corrected chi connectivity index (χ2v) is 8.16. The van der Waals surface area contributed by atoms with E-state index >= 15 is 0 Å². The number of hydrogen-bond donors (Lipinski definition) is 0. The van der Waals surface area contributed by atoms with E-state index in [0.29, 0.717) is 40.6 Å². The minimum atomic E-state index is -1.25. The lowest BCUT2D eigenvalue weighted by molar-refractivity contribution is 0.102. The highest BCUT2D eigenvalue weighted by molar-refractivity contribution is 6.30. The lowest BCUT2D eigenvalue weighted by Crippen LogP contribution is -2.14. The highest BCUT2D eigenvalue weighted by Gasteiger charge is 2.37. The van der Waals surface area contributed by atoms with E-state index in [1.807, 2.05) is 12.1 Å². The molecule has 0 aliphatic heterocycles. The highest BCUT2D eigenvalue weighted by atomic mass is 35.5. The van der Waals surface area contributed by atoms with Crippen molar-refractivity contribution in [1.82, 2.24) is 0 Å². The number of rotatable bonds is 6. The van der Waals surface area contributed by atoms with Crippen molar-refractivity contribution >= 4 is 17.4 Å². The van der Waals surface area contributed by atoms with Gasteiger partial charge in [-0.2, -0.15) is 0 Å². The van der Waals surface area contributed by atoms with E-state index in [0.717, 1.165) is 5.56 Å². The first kappa shape index (κ1) is 22.9. The fourth-order valence-corrected chi connectivity index (χ4v) is 4.47. The molecule has 0 saturated heterocycles. The maximum atomic E-state index is 14.5. The summed E-state index contributed by atoms with van der Waals surface area (Å²) in [6.45, 7) is 0. The number of benzene rings is 3. The third kappa shape index (κ3) is 4.35. The van der Waals surface area contributed by atoms with Crippen molar-refractivity contribution in [3.63, 3.8) is 0 Å². The van der Waals surface area contributed by atoms with Crippen molar-refractivity contribution in [1.29, 1.82) is 0 Å². The van der Waals surface area contributed by atoms with Gasteiger partial charge in [-0.3, -0.25) is 4.79 Å². The first-order chi connectivity index (χ1) is 15.8. The van der Waals surface area contributed by atoms with E-state index in [1.165, 1.54) is 14.2 Å². The molecular formula is C26H20ClF3O3. The van der Waals surface area contributed by atoms with Crippen LogP contribution in [0.1, 0.15) is 39.7 Å². The molecule has 0 N–H and O–H groups in total. The summed E-state index contributed by atoms with van der Waals surface area (Å²) >= 11 is 6.01. The average Bonchev–Trinajstić information content (AvgIpc) is 3.23. The van der Waals surface area contributed by atoms with E-state index in [9.17, 15) is 18.0 Å². The number of Topliss-reactive ketones (excluding diaryl/α,β-unsaturated/α-hetero) is 1. The summed E-state index contributed by atoms with van der Waals surface area (Å²) in [5, 5.41) is 0.568. The number of methoxy groups -OCH3 is 2. The van der Waals surface area contributed by atoms with Gasteiger partial charge in [-0.05, 0) is 30.2 Å². The SMILES string of the molecule is COc1cccc(C2CC(c3ccc(Cl)cc3)C=C2C(=O)c2c(F)cc(F)cc2F)c1OC. The van der Waals surface area contributed by atoms with Gasteiger partial charge in [0.25, 0.3) is 0 Å². The van der Waals surface area contributed by atoms with Crippen LogP contribution in [0, 0.1) is 17.5 Å². The Bertz CT molecular complexity index is 1220. The Morgan fingerprint density at radius 2 is 1.64 bits per heavy atom. The number of hydrogen-bond acceptors (Lipinski definition) is 3. The van der Waals surface area contributed by atoms with E-state index in [-0.39, 0.29) is 11.5 Å². The van der Waals surface area contributed by atoms with Gasteiger partial charge < -0.3 is 9.47 Å². The number of ketones is 1. The standard InChI is InChI=1S/C26H20ClF3O3/c1-32-23-5-3-4-18(26(23)33-2)19-10-15(14-6-8-16(27)9-7-14)11-20(19)25(31)24-21(29)12-17(28)13-22(24)30/h3-9,11-13,15,19H,10H2,1-2H3. The summed E-state index contributed by atoms with van der Waals surface area (Å²) in [4.78, 5) is 13.4. The van der Waals surface area contributed by atoms with Crippen LogP contribution in [0.3, 0.4) is 0 Å². The quantitative estimate of drug-likeness (QED) is 0.368. The van der Waals surface area contributed by atoms with Gasteiger partial charge in [0.15, 0.2) is 17.3 Å². The van der Waals surface area contributed by atoms with Gasteiger partial charge in [-0.25, -0.2) is 13.2 Å². The van der Waals surface area contributed by atoms with Crippen LogP contribution in [-0.2, 0) is 0 Å². The van der Waals surface area contributed by atoms with Gasteiger partial charge in [0, 0.05) is 40.1 Å². The average molecular weight is 473 g/mol. The maximum Gasteiger partial charge on any atom is 0.195 e. The van der Waals surface area contributed by atoms with E-state index in [1.54, 1.807) is 36.4 Å². The molecule has 33 heavy (non-hydrogen) atoms. The van der Waals surface area contributed by atoms with E-state index in [2.05, 4.69) is 0 Å². The van der Waals surface area contributed by atoms with Crippen LogP contribution >= 0.6 is 11.6 Å². The molecule has 3 nitrogen and oxygen atoms in total. The van der Waals surface area contributed by atoms with Crippen molar-refractivity contribution in [2.45, 2.75) is 18.3 Å². The van der Waals surface area contributed by atoms with Gasteiger partial charge in [-0.15, -0.1) is 0 Å². The van der Waals surface area contributed by atoms with E-state index < -0.39 is 34.7 Å². The van der Waals surface area contributed by atoms with Crippen LogP contribution < -0.4 is 9.47 Å².